The summed E-state index contributed by atoms with van der Waals surface area (Å²) in [7, 11) is 0. The van der Waals surface area contributed by atoms with Crippen LogP contribution in [0, 0.1) is 13.8 Å². The van der Waals surface area contributed by atoms with Crippen molar-refractivity contribution in [3.8, 4) is 11.3 Å². The minimum atomic E-state index is -0.325. The summed E-state index contributed by atoms with van der Waals surface area (Å²) in [6.45, 7) is 4.75. The van der Waals surface area contributed by atoms with Crippen molar-refractivity contribution in [2.45, 2.75) is 20.4 Å². The topological polar surface area (TPSA) is 94.2 Å². The maximum Gasteiger partial charge on any atom is 0.276 e. The maximum absolute atomic E-state index is 12.8. The molecule has 0 fully saturated rings. The molecule has 0 aliphatic heterocycles. The second-order valence-electron chi connectivity index (χ2n) is 6.80. The fourth-order valence-corrected chi connectivity index (χ4v) is 3.04. The zero-order valence-electron chi connectivity index (χ0n) is 16.2. The van der Waals surface area contributed by atoms with Crippen molar-refractivity contribution >= 4 is 11.4 Å². The summed E-state index contributed by atoms with van der Waals surface area (Å²) in [4.78, 5) is 32.7. The Morgan fingerprint density at radius 3 is 2.72 bits per heavy atom. The highest BCUT2D eigenvalue weighted by Crippen LogP contribution is 2.21. The third kappa shape index (κ3) is 3.77. The van der Waals surface area contributed by atoms with E-state index in [0.717, 1.165) is 11.3 Å². The Kier molecular flexibility index (Phi) is 4.90. The molecule has 4 aromatic rings. The van der Waals surface area contributed by atoms with Gasteiger partial charge in [0.1, 0.15) is 11.2 Å². The number of hydrogen-bond acceptors (Lipinski definition) is 5. The van der Waals surface area contributed by atoms with Gasteiger partial charge in [0.25, 0.3) is 11.5 Å². The molecule has 8 nitrogen and oxygen atoms in total. The molecule has 1 N–H and O–H groups in total. The first-order valence-electron chi connectivity index (χ1n) is 9.23. The van der Waals surface area contributed by atoms with E-state index < -0.39 is 0 Å². The predicted octanol–water partition coefficient (Wildman–Crippen LogP) is 2.00. The summed E-state index contributed by atoms with van der Waals surface area (Å²) < 4.78 is 3.14. The second kappa shape index (κ2) is 7.67. The molecular weight excluding hydrogens is 368 g/mol. The van der Waals surface area contributed by atoms with Crippen molar-refractivity contribution in [3.05, 3.63) is 82.4 Å². The molecule has 0 aliphatic carbocycles. The number of nitrogens with one attached hydrogen (secondary N) is 1. The third-order valence-electron chi connectivity index (χ3n) is 4.84. The number of rotatable bonds is 5. The lowest BCUT2D eigenvalue weighted by molar-refractivity contribution is 0.0947. The van der Waals surface area contributed by atoms with Gasteiger partial charge in [-0.3, -0.25) is 14.6 Å². The van der Waals surface area contributed by atoms with Gasteiger partial charge >= 0.3 is 0 Å². The molecule has 0 bridgehead atoms. The number of benzene rings is 1. The second-order valence-corrected chi connectivity index (χ2v) is 6.80. The lowest BCUT2D eigenvalue weighted by Gasteiger charge is -2.07. The summed E-state index contributed by atoms with van der Waals surface area (Å²) in [6.07, 6.45) is 7.77. The zero-order chi connectivity index (χ0) is 20.4. The van der Waals surface area contributed by atoms with Crippen LogP contribution >= 0.6 is 0 Å². The molecule has 0 atom stereocenters. The molecule has 0 saturated heterocycles. The van der Waals surface area contributed by atoms with Gasteiger partial charge in [-0.1, -0.05) is 12.1 Å². The molecule has 29 heavy (non-hydrogen) atoms. The van der Waals surface area contributed by atoms with E-state index in [1.165, 1.54) is 29.7 Å². The molecule has 146 valence electrons. The van der Waals surface area contributed by atoms with E-state index in [1.54, 1.807) is 27.5 Å². The van der Waals surface area contributed by atoms with Gasteiger partial charge in [-0.2, -0.15) is 5.10 Å². The predicted molar refractivity (Wildman–Crippen MR) is 109 cm³/mol. The van der Waals surface area contributed by atoms with Gasteiger partial charge in [-0.25, -0.2) is 9.50 Å². The Hall–Kier alpha value is -3.81. The highest BCUT2D eigenvalue weighted by atomic mass is 16.2. The number of carbonyl (C=O) groups is 1. The molecule has 0 unspecified atom stereocenters. The van der Waals surface area contributed by atoms with Crippen LogP contribution in [0.4, 0.5) is 0 Å². The number of aromatic nitrogens is 5. The van der Waals surface area contributed by atoms with E-state index in [0.29, 0.717) is 18.6 Å². The number of carbonyl (C=O) groups excluding carboxylic acids is 1. The molecule has 0 radical (unpaired) electrons. The lowest BCUT2D eigenvalue weighted by Crippen LogP contribution is -2.31. The van der Waals surface area contributed by atoms with Crippen LogP contribution < -0.4 is 10.9 Å². The van der Waals surface area contributed by atoms with Crippen molar-refractivity contribution < 1.29 is 4.79 Å². The Balaban J connectivity index is 1.52. The van der Waals surface area contributed by atoms with Crippen molar-refractivity contribution in [2.75, 3.05) is 6.54 Å². The summed E-state index contributed by atoms with van der Waals surface area (Å²) in [5.41, 5.74) is 4.67. The molecule has 1 amide bonds. The first-order valence-corrected chi connectivity index (χ1v) is 9.23. The van der Waals surface area contributed by atoms with Gasteiger partial charge in [0, 0.05) is 43.4 Å². The van der Waals surface area contributed by atoms with Crippen LogP contribution in [0.15, 0.2) is 60.0 Å². The smallest absolute Gasteiger partial charge is 0.276 e. The normalized spacial score (nSPS) is 11.0. The van der Waals surface area contributed by atoms with Crippen LogP contribution in [0.1, 0.15) is 21.6 Å². The van der Waals surface area contributed by atoms with Gasteiger partial charge in [-0.15, -0.1) is 0 Å². The van der Waals surface area contributed by atoms with E-state index in [9.17, 15) is 9.59 Å². The molecule has 0 saturated carbocycles. The summed E-state index contributed by atoms with van der Waals surface area (Å²) in [5, 5.41) is 7.26. The summed E-state index contributed by atoms with van der Waals surface area (Å²) in [6, 6.07) is 7.91. The Morgan fingerprint density at radius 2 is 1.97 bits per heavy atom. The Bertz CT molecular complexity index is 1240. The number of amides is 1. The molecule has 8 heteroatoms. The fraction of sp³-hybridized carbons (Fsp3) is 0.190. The standard InChI is InChI=1S/C21H20N6O2/c1-14-3-4-16(11-15(14)2)17-12-19-21(29)26(9-10-27(19)25-17)8-7-24-20(28)18-13-22-5-6-23-18/h3-6,9-13H,7-8H2,1-2H3,(H,24,28). The monoisotopic (exact) mass is 388 g/mol. The van der Waals surface area contributed by atoms with Crippen molar-refractivity contribution in [2.24, 2.45) is 0 Å². The van der Waals surface area contributed by atoms with Crippen LogP contribution in [0.25, 0.3) is 16.8 Å². The van der Waals surface area contributed by atoms with Crippen molar-refractivity contribution in [1.29, 1.82) is 0 Å². The third-order valence-corrected chi connectivity index (χ3v) is 4.84. The van der Waals surface area contributed by atoms with Crippen LogP contribution in [0.5, 0.6) is 0 Å². The quantitative estimate of drug-likeness (QED) is 0.564. The Labute approximate surface area is 166 Å². The number of nitrogens with zero attached hydrogens (tertiary/aromatic N) is 5. The molecule has 3 heterocycles. The molecule has 4 rings (SSSR count). The fourth-order valence-electron chi connectivity index (χ4n) is 3.04. The molecule has 1 aromatic carbocycles. The molecule has 3 aromatic heterocycles. The van der Waals surface area contributed by atoms with Crippen molar-refractivity contribution in [1.82, 2.24) is 29.5 Å². The summed E-state index contributed by atoms with van der Waals surface area (Å²) >= 11 is 0. The van der Waals surface area contributed by atoms with Crippen LogP contribution in [0.3, 0.4) is 0 Å². The van der Waals surface area contributed by atoms with Gasteiger partial charge in [0.15, 0.2) is 0 Å². The largest absolute Gasteiger partial charge is 0.349 e. The number of fused-ring (bicyclic) bond motifs is 1. The van der Waals surface area contributed by atoms with E-state index >= 15 is 0 Å². The van der Waals surface area contributed by atoms with E-state index in [1.807, 2.05) is 12.1 Å². The average Bonchev–Trinajstić information content (AvgIpc) is 3.17. The SMILES string of the molecule is Cc1ccc(-c2cc3c(=O)n(CCNC(=O)c4cnccn4)ccn3n2)cc1C. The average molecular weight is 388 g/mol. The summed E-state index contributed by atoms with van der Waals surface area (Å²) in [5.74, 6) is -0.325. The number of hydrogen-bond donors (Lipinski definition) is 1. The number of aryl methyl sites for hydroxylation is 2. The minimum Gasteiger partial charge on any atom is -0.349 e. The molecule has 0 aliphatic rings. The van der Waals surface area contributed by atoms with E-state index in [2.05, 4.69) is 40.3 Å². The van der Waals surface area contributed by atoms with Crippen LogP contribution in [0.2, 0.25) is 0 Å². The molecule has 0 spiro atoms. The van der Waals surface area contributed by atoms with E-state index in [-0.39, 0.29) is 17.2 Å². The first kappa shape index (κ1) is 18.5. The lowest BCUT2D eigenvalue weighted by atomic mass is 10.0. The van der Waals surface area contributed by atoms with Gasteiger partial charge in [0.2, 0.25) is 0 Å². The highest BCUT2D eigenvalue weighted by molar-refractivity contribution is 5.91. The zero-order valence-corrected chi connectivity index (χ0v) is 16.2. The minimum absolute atomic E-state index is 0.163. The highest BCUT2D eigenvalue weighted by Gasteiger charge is 2.11. The van der Waals surface area contributed by atoms with E-state index in [4.69, 9.17) is 0 Å². The van der Waals surface area contributed by atoms with Gasteiger partial charge < -0.3 is 9.88 Å². The van der Waals surface area contributed by atoms with Gasteiger partial charge in [-0.05, 0) is 37.1 Å². The van der Waals surface area contributed by atoms with Gasteiger partial charge in [0.05, 0.1) is 11.9 Å². The molecular formula is C21H20N6O2. The Morgan fingerprint density at radius 1 is 1.10 bits per heavy atom. The maximum atomic E-state index is 12.8. The van der Waals surface area contributed by atoms with Crippen molar-refractivity contribution in [3.63, 3.8) is 0 Å². The first-order chi connectivity index (χ1) is 14.0. The van der Waals surface area contributed by atoms with Crippen LogP contribution in [-0.4, -0.2) is 36.6 Å². The van der Waals surface area contributed by atoms with Crippen LogP contribution in [-0.2, 0) is 6.54 Å².